The summed E-state index contributed by atoms with van der Waals surface area (Å²) >= 11 is 0. The van der Waals surface area contributed by atoms with Gasteiger partial charge < -0.3 is 14.8 Å². The number of hydrogen-bond donors (Lipinski definition) is 2. The van der Waals surface area contributed by atoms with Crippen LogP contribution < -0.4 is 10.6 Å². The minimum Gasteiger partial charge on any atom is -0.380 e. The van der Waals surface area contributed by atoms with Crippen LogP contribution in [0.25, 0.3) is 0 Å². The van der Waals surface area contributed by atoms with E-state index in [1.165, 1.54) is 0 Å². The molecular weight excluding hydrogens is 272 g/mol. The van der Waals surface area contributed by atoms with Gasteiger partial charge in [-0.2, -0.15) is 0 Å². The molecule has 6 nitrogen and oxygen atoms in total. The van der Waals surface area contributed by atoms with Gasteiger partial charge >= 0.3 is 0 Å². The summed E-state index contributed by atoms with van der Waals surface area (Å²) in [4.78, 5) is 22.9. The van der Waals surface area contributed by atoms with Crippen molar-refractivity contribution in [3.8, 4) is 0 Å². The molecule has 1 atom stereocenters. The lowest BCUT2D eigenvalue weighted by atomic mass is 9.90. The number of nitrogens with one attached hydrogen (secondary N) is 2. The number of ether oxygens (including phenoxy) is 2. The van der Waals surface area contributed by atoms with Crippen molar-refractivity contribution in [2.24, 2.45) is 0 Å². The third kappa shape index (κ3) is 4.03. The minimum absolute atomic E-state index is 0.195. The summed E-state index contributed by atoms with van der Waals surface area (Å²) in [6.45, 7) is 0.533. The van der Waals surface area contributed by atoms with Crippen molar-refractivity contribution in [3.05, 3.63) is 29.8 Å². The largest absolute Gasteiger partial charge is 0.380 e. The van der Waals surface area contributed by atoms with Crippen molar-refractivity contribution in [2.45, 2.75) is 25.0 Å². The van der Waals surface area contributed by atoms with E-state index in [1.54, 1.807) is 14.2 Å². The molecule has 1 aliphatic rings. The fourth-order valence-corrected chi connectivity index (χ4v) is 2.31. The van der Waals surface area contributed by atoms with Crippen molar-refractivity contribution in [1.82, 2.24) is 5.32 Å². The van der Waals surface area contributed by atoms with Crippen molar-refractivity contribution in [2.75, 3.05) is 26.1 Å². The van der Waals surface area contributed by atoms with Gasteiger partial charge in [0, 0.05) is 26.3 Å². The molecule has 1 aliphatic heterocycles. The van der Waals surface area contributed by atoms with Crippen molar-refractivity contribution < 1.29 is 19.1 Å². The Hall–Kier alpha value is -1.92. The number of imide groups is 1. The molecule has 1 heterocycles. The second kappa shape index (κ2) is 7.19. The van der Waals surface area contributed by atoms with Crippen LogP contribution in [0.1, 0.15) is 24.3 Å². The number of amides is 2. The molecule has 6 heteroatoms. The monoisotopic (exact) mass is 292 g/mol. The number of hydrogen-bond acceptors (Lipinski definition) is 5. The molecule has 1 aromatic rings. The van der Waals surface area contributed by atoms with E-state index in [2.05, 4.69) is 10.6 Å². The second-order valence-electron chi connectivity index (χ2n) is 4.91. The Labute approximate surface area is 123 Å². The van der Waals surface area contributed by atoms with Gasteiger partial charge in [-0.25, -0.2) is 0 Å². The summed E-state index contributed by atoms with van der Waals surface area (Å²) in [5.41, 5.74) is 1.84. The lowest BCUT2D eigenvalue weighted by Gasteiger charge is -2.21. The quantitative estimate of drug-likeness (QED) is 0.609. The Bertz CT molecular complexity index is 497. The van der Waals surface area contributed by atoms with E-state index in [0.717, 1.165) is 11.3 Å². The van der Waals surface area contributed by atoms with Crippen LogP contribution >= 0.6 is 0 Å². The first-order chi connectivity index (χ1) is 10.1. The molecule has 21 heavy (non-hydrogen) atoms. The lowest BCUT2D eigenvalue weighted by Crippen LogP contribution is -2.39. The van der Waals surface area contributed by atoms with E-state index >= 15 is 0 Å². The van der Waals surface area contributed by atoms with Crippen LogP contribution in [0, 0.1) is 0 Å². The highest BCUT2D eigenvalue weighted by atomic mass is 16.7. The summed E-state index contributed by atoms with van der Waals surface area (Å²) in [6, 6.07) is 7.61. The third-order valence-corrected chi connectivity index (χ3v) is 3.55. The Morgan fingerprint density at radius 3 is 2.48 bits per heavy atom. The molecule has 1 unspecified atom stereocenters. The van der Waals surface area contributed by atoms with Gasteiger partial charge in [0.05, 0.1) is 12.5 Å². The van der Waals surface area contributed by atoms with Crippen LogP contribution in [0.2, 0.25) is 0 Å². The molecule has 0 radical (unpaired) electrons. The number of piperidine rings is 1. The maximum Gasteiger partial charge on any atom is 0.234 e. The normalized spacial score (nSPS) is 18.7. The van der Waals surface area contributed by atoms with Crippen molar-refractivity contribution in [3.63, 3.8) is 0 Å². The van der Waals surface area contributed by atoms with Crippen LogP contribution in [-0.2, 0) is 19.1 Å². The van der Waals surface area contributed by atoms with Crippen LogP contribution in [0.15, 0.2) is 24.3 Å². The Kier molecular flexibility index (Phi) is 5.30. The van der Waals surface area contributed by atoms with E-state index in [0.29, 0.717) is 19.4 Å². The van der Waals surface area contributed by atoms with Gasteiger partial charge in [-0.05, 0) is 24.1 Å². The van der Waals surface area contributed by atoms with E-state index in [1.807, 2.05) is 24.3 Å². The van der Waals surface area contributed by atoms with Crippen molar-refractivity contribution in [1.29, 1.82) is 0 Å². The fourth-order valence-electron chi connectivity index (χ4n) is 2.31. The first kappa shape index (κ1) is 15.5. The molecule has 2 amide bonds. The predicted octanol–water partition coefficient (Wildman–Crippen LogP) is 1.24. The van der Waals surface area contributed by atoms with Gasteiger partial charge in [-0.1, -0.05) is 12.1 Å². The first-order valence-corrected chi connectivity index (χ1v) is 6.87. The molecule has 1 aromatic carbocycles. The highest BCUT2D eigenvalue weighted by molar-refractivity contribution is 6.00. The summed E-state index contributed by atoms with van der Waals surface area (Å²) in [5.74, 6) is -0.659. The van der Waals surface area contributed by atoms with Crippen molar-refractivity contribution >= 4 is 17.5 Å². The smallest absolute Gasteiger partial charge is 0.234 e. The Morgan fingerprint density at radius 1 is 1.24 bits per heavy atom. The third-order valence-electron chi connectivity index (χ3n) is 3.55. The van der Waals surface area contributed by atoms with E-state index in [4.69, 9.17) is 9.47 Å². The number of carbonyl (C=O) groups is 2. The van der Waals surface area contributed by atoms with Crippen LogP contribution in [-0.4, -0.2) is 38.9 Å². The second-order valence-corrected chi connectivity index (χ2v) is 4.91. The number of carbonyl (C=O) groups excluding carboxylic acids is 2. The standard InChI is InChI=1S/C15H20N2O4/c1-20-14(21-2)9-16-11-5-3-10(4-6-11)12-7-8-13(18)17-15(12)19/h3-6,12,14,16H,7-9H2,1-2H3,(H,17,18,19). The van der Waals surface area contributed by atoms with Crippen LogP contribution in [0.3, 0.4) is 0 Å². The molecule has 0 aromatic heterocycles. The zero-order valence-electron chi connectivity index (χ0n) is 12.2. The highest BCUT2D eigenvalue weighted by Gasteiger charge is 2.27. The van der Waals surface area contributed by atoms with Gasteiger partial charge in [-0.15, -0.1) is 0 Å². The first-order valence-electron chi connectivity index (χ1n) is 6.87. The maximum atomic E-state index is 11.8. The molecule has 2 N–H and O–H groups in total. The molecule has 114 valence electrons. The average molecular weight is 292 g/mol. The average Bonchev–Trinajstić information content (AvgIpc) is 2.49. The number of methoxy groups -OCH3 is 2. The van der Waals surface area contributed by atoms with E-state index in [-0.39, 0.29) is 24.0 Å². The molecule has 0 spiro atoms. The molecule has 0 aliphatic carbocycles. The Morgan fingerprint density at radius 2 is 1.90 bits per heavy atom. The summed E-state index contributed by atoms with van der Waals surface area (Å²) < 4.78 is 10.2. The molecule has 0 bridgehead atoms. The van der Waals surface area contributed by atoms with Crippen LogP contribution in [0.5, 0.6) is 0 Å². The van der Waals surface area contributed by atoms with Gasteiger partial charge in [-0.3, -0.25) is 14.9 Å². The topological polar surface area (TPSA) is 76.7 Å². The minimum atomic E-state index is -0.306. The number of benzene rings is 1. The van der Waals surface area contributed by atoms with Crippen LogP contribution in [0.4, 0.5) is 5.69 Å². The predicted molar refractivity (Wildman–Crippen MR) is 77.9 cm³/mol. The zero-order chi connectivity index (χ0) is 15.2. The molecule has 1 saturated heterocycles. The molecule has 2 rings (SSSR count). The van der Waals surface area contributed by atoms with E-state index < -0.39 is 0 Å². The van der Waals surface area contributed by atoms with Gasteiger partial charge in [0.25, 0.3) is 0 Å². The SMILES string of the molecule is COC(CNc1ccc(C2CCC(=O)NC2=O)cc1)OC. The number of anilines is 1. The zero-order valence-corrected chi connectivity index (χ0v) is 12.2. The lowest BCUT2D eigenvalue weighted by molar-refractivity contribution is -0.134. The fraction of sp³-hybridized carbons (Fsp3) is 0.467. The van der Waals surface area contributed by atoms with Gasteiger partial charge in [0.15, 0.2) is 6.29 Å². The summed E-state index contributed by atoms with van der Waals surface area (Å²) in [6.07, 6.45) is 0.645. The summed E-state index contributed by atoms with van der Waals surface area (Å²) in [7, 11) is 3.17. The number of rotatable bonds is 6. The molecular formula is C15H20N2O4. The summed E-state index contributed by atoms with van der Waals surface area (Å²) in [5, 5.41) is 5.56. The molecule has 0 saturated carbocycles. The van der Waals surface area contributed by atoms with Gasteiger partial charge in [0.2, 0.25) is 11.8 Å². The van der Waals surface area contributed by atoms with E-state index in [9.17, 15) is 9.59 Å². The maximum absolute atomic E-state index is 11.8. The highest BCUT2D eigenvalue weighted by Crippen LogP contribution is 2.25. The Balaban J connectivity index is 1.95. The van der Waals surface area contributed by atoms with Gasteiger partial charge in [0.1, 0.15) is 0 Å². The molecule has 1 fully saturated rings.